The van der Waals surface area contributed by atoms with Crippen molar-refractivity contribution in [2.75, 3.05) is 19.6 Å². The molecule has 0 saturated carbocycles. The van der Waals surface area contributed by atoms with Gasteiger partial charge in [-0.15, -0.1) is 0 Å². The zero-order chi connectivity index (χ0) is 12.5. The number of piperazine rings is 1. The Hall–Kier alpha value is -1.00. The van der Waals surface area contributed by atoms with Gasteiger partial charge in [0.15, 0.2) is 0 Å². The fourth-order valence-corrected chi connectivity index (χ4v) is 2.34. The van der Waals surface area contributed by atoms with E-state index in [1.165, 1.54) is 12.1 Å². The largest absolute Gasteiger partial charge is 0.309 e. The third kappa shape index (κ3) is 3.48. The predicted molar refractivity (Wildman–Crippen MR) is 63.7 cm³/mol. The summed E-state index contributed by atoms with van der Waals surface area (Å²) in [4.78, 5) is 2.21. The molecule has 1 fully saturated rings. The van der Waals surface area contributed by atoms with Gasteiger partial charge in [0.1, 0.15) is 11.6 Å². The second kappa shape index (κ2) is 4.70. The number of nitrogens with zero attached hydrogens (tertiary/aromatic N) is 1. The topological polar surface area (TPSA) is 15.3 Å². The van der Waals surface area contributed by atoms with Crippen LogP contribution in [0.5, 0.6) is 0 Å². The van der Waals surface area contributed by atoms with Gasteiger partial charge in [0.2, 0.25) is 0 Å². The van der Waals surface area contributed by atoms with E-state index in [4.69, 9.17) is 0 Å². The molecule has 1 aromatic rings. The van der Waals surface area contributed by atoms with Gasteiger partial charge in [-0.3, -0.25) is 4.90 Å². The molecule has 1 aromatic carbocycles. The van der Waals surface area contributed by atoms with E-state index < -0.39 is 11.6 Å². The highest BCUT2D eigenvalue weighted by molar-refractivity contribution is 5.18. The van der Waals surface area contributed by atoms with E-state index in [-0.39, 0.29) is 5.54 Å². The van der Waals surface area contributed by atoms with Crippen LogP contribution in [0.15, 0.2) is 18.2 Å². The van der Waals surface area contributed by atoms with Crippen LogP contribution in [-0.2, 0) is 6.54 Å². The number of hydrogen-bond donors (Lipinski definition) is 1. The van der Waals surface area contributed by atoms with Crippen molar-refractivity contribution in [3.05, 3.63) is 35.4 Å². The van der Waals surface area contributed by atoms with Gasteiger partial charge in [-0.2, -0.15) is 0 Å². The summed E-state index contributed by atoms with van der Waals surface area (Å²) >= 11 is 0. The van der Waals surface area contributed by atoms with Gasteiger partial charge in [-0.25, -0.2) is 8.78 Å². The first kappa shape index (κ1) is 12.5. The number of halogens is 2. The molecule has 1 heterocycles. The van der Waals surface area contributed by atoms with Crippen molar-refractivity contribution >= 4 is 0 Å². The maximum absolute atomic E-state index is 13.1. The van der Waals surface area contributed by atoms with Crippen molar-refractivity contribution in [2.24, 2.45) is 0 Å². The Kier molecular flexibility index (Phi) is 3.45. The molecule has 1 saturated heterocycles. The van der Waals surface area contributed by atoms with Gasteiger partial charge in [0.05, 0.1) is 0 Å². The molecular weight excluding hydrogens is 222 g/mol. The number of hydrogen-bond acceptors (Lipinski definition) is 2. The van der Waals surface area contributed by atoms with Crippen LogP contribution >= 0.6 is 0 Å². The standard InChI is InChI=1S/C13H18F2N2/c1-13(2)9-17(4-3-16-13)8-10-5-11(14)7-12(15)6-10/h5-7,16H,3-4,8-9H2,1-2H3. The van der Waals surface area contributed by atoms with Crippen molar-refractivity contribution < 1.29 is 8.78 Å². The van der Waals surface area contributed by atoms with Crippen LogP contribution in [0.4, 0.5) is 8.78 Å². The van der Waals surface area contributed by atoms with Crippen LogP contribution in [0.25, 0.3) is 0 Å². The lowest BCUT2D eigenvalue weighted by atomic mass is 10.0. The minimum Gasteiger partial charge on any atom is -0.309 e. The summed E-state index contributed by atoms with van der Waals surface area (Å²) in [5, 5.41) is 3.41. The van der Waals surface area contributed by atoms with Crippen molar-refractivity contribution in [1.29, 1.82) is 0 Å². The summed E-state index contributed by atoms with van der Waals surface area (Å²) in [5.41, 5.74) is 0.754. The highest BCUT2D eigenvalue weighted by Crippen LogP contribution is 2.15. The molecule has 0 radical (unpaired) electrons. The summed E-state index contributed by atoms with van der Waals surface area (Å²) in [5.74, 6) is -1.01. The lowest BCUT2D eigenvalue weighted by Crippen LogP contribution is -2.56. The van der Waals surface area contributed by atoms with Crippen LogP contribution in [-0.4, -0.2) is 30.1 Å². The molecule has 1 aliphatic rings. The van der Waals surface area contributed by atoms with Crippen molar-refractivity contribution in [3.8, 4) is 0 Å². The van der Waals surface area contributed by atoms with E-state index >= 15 is 0 Å². The average Bonchev–Trinajstić information content (AvgIpc) is 2.13. The highest BCUT2D eigenvalue weighted by atomic mass is 19.1. The van der Waals surface area contributed by atoms with Gasteiger partial charge in [-0.05, 0) is 31.5 Å². The van der Waals surface area contributed by atoms with E-state index in [1.54, 1.807) is 0 Å². The zero-order valence-corrected chi connectivity index (χ0v) is 10.3. The van der Waals surface area contributed by atoms with Crippen LogP contribution in [0, 0.1) is 11.6 Å². The number of nitrogens with one attached hydrogen (secondary N) is 1. The molecule has 0 aliphatic carbocycles. The molecule has 0 amide bonds. The maximum atomic E-state index is 13.1. The van der Waals surface area contributed by atoms with Crippen molar-refractivity contribution in [3.63, 3.8) is 0 Å². The Morgan fingerprint density at radius 1 is 1.24 bits per heavy atom. The SMILES string of the molecule is CC1(C)CN(Cc2cc(F)cc(F)c2)CCN1. The van der Waals surface area contributed by atoms with Crippen molar-refractivity contribution in [1.82, 2.24) is 10.2 Å². The van der Waals surface area contributed by atoms with Crippen molar-refractivity contribution in [2.45, 2.75) is 25.9 Å². The molecule has 2 nitrogen and oxygen atoms in total. The summed E-state index contributed by atoms with van der Waals surface area (Å²) in [6.07, 6.45) is 0. The Balaban J connectivity index is 2.05. The molecule has 4 heteroatoms. The molecule has 0 atom stereocenters. The van der Waals surface area contributed by atoms with Gasteiger partial charge in [-0.1, -0.05) is 0 Å². The first-order valence-electron chi connectivity index (χ1n) is 5.87. The fourth-order valence-electron chi connectivity index (χ4n) is 2.34. The van der Waals surface area contributed by atoms with E-state index in [0.717, 1.165) is 25.7 Å². The summed E-state index contributed by atoms with van der Waals surface area (Å²) in [6, 6.07) is 3.71. The van der Waals surface area contributed by atoms with E-state index in [0.29, 0.717) is 12.1 Å². The Bertz CT molecular complexity index is 384. The van der Waals surface area contributed by atoms with Gasteiger partial charge in [0.25, 0.3) is 0 Å². The molecule has 2 rings (SSSR count). The lowest BCUT2D eigenvalue weighted by molar-refractivity contribution is 0.148. The van der Waals surface area contributed by atoms with E-state index in [2.05, 4.69) is 24.1 Å². The van der Waals surface area contributed by atoms with Crippen LogP contribution < -0.4 is 5.32 Å². The maximum Gasteiger partial charge on any atom is 0.126 e. The summed E-state index contributed by atoms with van der Waals surface area (Å²) in [7, 11) is 0. The smallest absolute Gasteiger partial charge is 0.126 e. The third-order valence-corrected chi connectivity index (χ3v) is 2.98. The summed E-state index contributed by atoms with van der Waals surface area (Å²) < 4.78 is 26.1. The highest BCUT2D eigenvalue weighted by Gasteiger charge is 2.25. The Morgan fingerprint density at radius 2 is 1.88 bits per heavy atom. The normalized spacial score (nSPS) is 20.5. The molecule has 0 bridgehead atoms. The van der Waals surface area contributed by atoms with E-state index in [1.807, 2.05) is 0 Å². The minimum atomic E-state index is -0.505. The molecule has 17 heavy (non-hydrogen) atoms. The molecular formula is C13H18F2N2. The Morgan fingerprint density at radius 3 is 2.47 bits per heavy atom. The number of benzene rings is 1. The average molecular weight is 240 g/mol. The van der Waals surface area contributed by atoms with Gasteiger partial charge >= 0.3 is 0 Å². The molecule has 1 aliphatic heterocycles. The minimum absolute atomic E-state index is 0.0596. The van der Waals surface area contributed by atoms with Crippen LogP contribution in [0.1, 0.15) is 19.4 Å². The monoisotopic (exact) mass is 240 g/mol. The number of rotatable bonds is 2. The second-order valence-corrected chi connectivity index (χ2v) is 5.30. The molecule has 94 valence electrons. The van der Waals surface area contributed by atoms with E-state index in [9.17, 15) is 8.78 Å². The molecule has 0 spiro atoms. The van der Waals surface area contributed by atoms with Gasteiger partial charge in [0, 0.05) is 37.8 Å². The Labute approximate surface area is 101 Å². The summed E-state index contributed by atoms with van der Waals surface area (Å²) in [6.45, 7) is 7.55. The lowest BCUT2D eigenvalue weighted by Gasteiger charge is -2.39. The van der Waals surface area contributed by atoms with Crippen LogP contribution in [0.3, 0.4) is 0 Å². The first-order chi connectivity index (χ1) is 7.94. The fraction of sp³-hybridized carbons (Fsp3) is 0.538. The first-order valence-corrected chi connectivity index (χ1v) is 5.87. The second-order valence-electron chi connectivity index (χ2n) is 5.30. The predicted octanol–water partition coefficient (Wildman–Crippen LogP) is 2.15. The third-order valence-electron chi connectivity index (χ3n) is 2.98. The molecule has 0 unspecified atom stereocenters. The molecule has 1 N–H and O–H groups in total. The molecule has 0 aromatic heterocycles. The van der Waals surface area contributed by atoms with Crippen LogP contribution in [0.2, 0.25) is 0 Å². The zero-order valence-electron chi connectivity index (χ0n) is 10.3. The van der Waals surface area contributed by atoms with Gasteiger partial charge < -0.3 is 5.32 Å². The quantitative estimate of drug-likeness (QED) is 0.852.